The topological polar surface area (TPSA) is 26.3 Å². The van der Waals surface area contributed by atoms with Crippen LogP contribution in [0.4, 0.5) is 0 Å². The molecule has 1 fully saturated rings. The molecule has 0 aromatic heterocycles. The first kappa shape index (κ1) is 23.5. The van der Waals surface area contributed by atoms with Crippen molar-refractivity contribution in [1.82, 2.24) is 0 Å². The van der Waals surface area contributed by atoms with Crippen LogP contribution in [0.15, 0.2) is 0 Å². The van der Waals surface area contributed by atoms with E-state index in [0.717, 1.165) is 3.93 Å². The second kappa shape index (κ2) is 9.61. The maximum atomic E-state index is 12.9. The van der Waals surface area contributed by atoms with E-state index in [0.29, 0.717) is 5.54 Å². The van der Waals surface area contributed by atoms with Crippen molar-refractivity contribution >= 4 is 32.4 Å². The fraction of sp³-hybridized carbons (Fsp3) is 0.952. The Hall–Kier alpha value is 0.486. The van der Waals surface area contributed by atoms with Crippen LogP contribution in [-0.4, -0.2) is 39.5 Å². The fourth-order valence-electron chi connectivity index (χ4n) is 5.80. The van der Waals surface area contributed by atoms with Crippen molar-refractivity contribution < 1.29 is 9.53 Å². The molecule has 1 aliphatic rings. The van der Waals surface area contributed by atoms with E-state index in [2.05, 4.69) is 47.3 Å². The second-order valence-corrected chi connectivity index (χ2v) is 29.0. The van der Waals surface area contributed by atoms with E-state index in [-0.39, 0.29) is 11.4 Å². The van der Waals surface area contributed by atoms with Crippen molar-refractivity contribution in [3.8, 4) is 0 Å². The third-order valence-corrected chi connectivity index (χ3v) is 28.6. The summed E-state index contributed by atoms with van der Waals surface area (Å²) in [5, 5.41) is 0. The van der Waals surface area contributed by atoms with Gasteiger partial charge in [0.1, 0.15) is 0 Å². The van der Waals surface area contributed by atoms with Gasteiger partial charge in [-0.3, -0.25) is 0 Å². The van der Waals surface area contributed by atoms with Crippen molar-refractivity contribution in [3.05, 3.63) is 0 Å². The van der Waals surface area contributed by atoms with Gasteiger partial charge in [-0.2, -0.15) is 0 Å². The van der Waals surface area contributed by atoms with Crippen LogP contribution in [0, 0.1) is 5.41 Å². The molecule has 0 amide bonds. The number of unbranched alkanes of at least 4 members (excludes halogenated alkanes) is 3. The number of rotatable bonds is 12. The number of hydrogen-bond donors (Lipinski definition) is 0. The summed E-state index contributed by atoms with van der Waals surface area (Å²) in [6.07, 6.45) is 8.06. The van der Waals surface area contributed by atoms with Gasteiger partial charge >= 0.3 is 163 Å². The number of ether oxygens (including phenoxy) is 1. The van der Waals surface area contributed by atoms with Gasteiger partial charge in [0.25, 0.3) is 0 Å². The molecule has 0 N–H and O–H groups in total. The van der Waals surface area contributed by atoms with Crippen molar-refractivity contribution in [3.63, 3.8) is 0 Å². The number of esters is 1. The molecule has 1 saturated carbocycles. The Balaban J connectivity index is 3.30. The monoisotopic (exact) mass is 476 g/mol. The van der Waals surface area contributed by atoms with Crippen molar-refractivity contribution in [2.75, 3.05) is 7.11 Å². The van der Waals surface area contributed by atoms with E-state index in [1.165, 1.54) is 51.8 Å². The zero-order valence-corrected chi connectivity index (χ0v) is 22.2. The van der Waals surface area contributed by atoms with Gasteiger partial charge in [-0.25, -0.2) is 0 Å². The maximum absolute atomic E-state index is 12.9. The van der Waals surface area contributed by atoms with Gasteiger partial charge in [-0.1, -0.05) is 0 Å². The van der Waals surface area contributed by atoms with Gasteiger partial charge in [0.15, 0.2) is 0 Å². The minimum atomic E-state index is -2.41. The Kier molecular flexibility index (Phi) is 9.04. The van der Waals surface area contributed by atoms with Crippen molar-refractivity contribution in [2.24, 2.45) is 5.41 Å². The normalized spacial score (nSPS) is 26.6. The molecule has 0 aromatic carbocycles. The SMILES string of the molecule is CCC[CH2][Sn]([CH2]CCC)([CH2]CCC)[C@@H]1C([Si](C)(C)C)[C@@]1(C)C(=O)OC. The molecule has 4 heteroatoms. The van der Waals surface area contributed by atoms with Gasteiger partial charge in [0.05, 0.1) is 0 Å². The third kappa shape index (κ3) is 5.06. The molecule has 1 rings (SSSR count). The van der Waals surface area contributed by atoms with Crippen LogP contribution in [0.25, 0.3) is 0 Å². The van der Waals surface area contributed by atoms with Gasteiger partial charge in [-0.15, -0.1) is 0 Å². The molecule has 0 aromatic rings. The van der Waals surface area contributed by atoms with Gasteiger partial charge < -0.3 is 0 Å². The van der Waals surface area contributed by atoms with Gasteiger partial charge in [-0.05, 0) is 0 Å². The minimum absolute atomic E-state index is 0.107. The van der Waals surface area contributed by atoms with E-state index in [1.54, 1.807) is 7.11 Å². The van der Waals surface area contributed by atoms with Crippen LogP contribution in [0.1, 0.15) is 66.2 Å². The fourth-order valence-corrected chi connectivity index (χ4v) is 37.3. The Morgan fingerprint density at radius 2 is 1.36 bits per heavy atom. The molecule has 0 radical (unpaired) electrons. The molecule has 3 atom stereocenters. The summed E-state index contributed by atoms with van der Waals surface area (Å²) in [7, 11) is 0.226. The first-order chi connectivity index (χ1) is 11.7. The van der Waals surface area contributed by atoms with Gasteiger partial charge in [0.2, 0.25) is 0 Å². The number of carbonyl (C=O) groups is 1. The zero-order chi connectivity index (χ0) is 19.3. The van der Waals surface area contributed by atoms with Crippen LogP contribution >= 0.6 is 0 Å². The van der Waals surface area contributed by atoms with Crippen molar-refractivity contribution in [2.45, 2.75) is 109 Å². The average Bonchev–Trinajstić information content (AvgIpc) is 3.22. The van der Waals surface area contributed by atoms with E-state index in [1.807, 2.05) is 0 Å². The number of hydrogen-bond acceptors (Lipinski definition) is 2. The van der Waals surface area contributed by atoms with Crippen molar-refractivity contribution in [1.29, 1.82) is 0 Å². The van der Waals surface area contributed by atoms with E-state index in [9.17, 15) is 4.79 Å². The van der Waals surface area contributed by atoms with Crippen LogP contribution < -0.4 is 0 Å². The van der Waals surface area contributed by atoms with E-state index in [4.69, 9.17) is 4.74 Å². The van der Waals surface area contributed by atoms with Crippen LogP contribution in [-0.2, 0) is 9.53 Å². The summed E-state index contributed by atoms with van der Waals surface area (Å²) in [4.78, 5) is 12.9. The van der Waals surface area contributed by atoms with E-state index < -0.39 is 26.5 Å². The molecular formula is C21H44O2SiSn. The predicted molar refractivity (Wildman–Crippen MR) is 116 cm³/mol. The summed E-state index contributed by atoms with van der Waals surface area (Å²) in [5.74, 6) is 0.107. The Morgan fingerprint density at radius 3 is 1.64 bits per heavy atom. The standard InChI is InChI=1S/C9H17O2Si.3C4H9.Sn/c1-9(8(10)11-2)6-7(9)12(3,4)5;3*1-3-4-2;/h6-7H,1-5H3;3*1,3-4H2,2H3;/t7?,9-;;;;/m0..../s1. The Labute approximate surface area is 162 Å². The first-order valence-electron chi connectivity index (χ1n) is 10.7. The van der Waals surface area contributed by atoms with Crippen LogP contribution in [0.5, 0.6) is 0 Å². The van der Waals surface area contributed by atoms with Gasteiger partial charge in [0, 0.05) is 0 Å². The summed E-state index contributed by atoms with van der Waals surface area (Å²) in [5.41, 5.74) is 0.513. The summed E-state index contributed by atoms with van der Waals surface area (Å²) in [6, 6.07) is 0. The molecule has 1 unspecified atom stereocenters. The third-order valence-electron chi connectivity index (χ3n) is 6.82. The quantitative estimate of drug-likeness (QED) is 0.222. The van der Waals surface area contributed by atoms with Crippen LogP contribution in [0.3, 0.4) is 0 Å². The van der Waals surface area contributed by atoms with Crippen LogP contribution in [0.2, 0.25) is 42.4 Å². The molecule has 0 heterocycles. The Morgan fingerprint density at radius 1 is 0.960 bits per heavy atom. The average molecular weight is 475 g/mol. The summed E-state index contributed by atoms with van der Waals surface area (Å²) >= 11 is -2.41. The predicted octanol–water partition coefficient (Wildman–Crippen LogP) is 7.11. The summed E-state index contributed by atoms with van der Waals surface area (Å²) in [6.45, 7) is 16.7. The molecule has 1 aliphatic carbocycles. The molecule has 0 bridgehead atoms. The molecule has 2 nitrogen and oxygen atoms in total. The number of carbonyl (C=O) groups excluding carboxylic acids is 1. The molecule has 0 spiro atoms. The molecule has 0 saturated heterocycles. The molecular weight excluding hydrogens is 431 g/mol. The molecule has 148 valence electrons. The summed E-state index contributed by atoms with van der Waals surface area (Å²) < 4.78 is 10.6. The molecule has 0 aliphatic heterocycles. The number of methoxy groups -OCH3 is 1. The second-order valence-electron chi connectivity index (χ2n) is 9.77. The first-order valence-corrected chi connectivity index (χ1v) is 22.0. The Bertz CT molecular complexity index is 410. The molecule has 25 heavy (non-hydrogen) atoms. The zero-order valence-electron chi connectivity index (χ0n) is 18.3. The van der Waals surface area contributed by atoms with E-state index >= 15 is 0 Å².